The van der Waals surface area contributed by atoms with Gasteiger partial charge in [0, 0.05) is 0 Å². The highest BCUT2D eigenvalue weighted by Crippen LogP contribution is 2.22. The van der Waals surface area contributed by atoms with E-state index in [0.717, 1.165) is 12.4 Å². The van der Waals surface area contributed by atoms with Crippen LogP contribution in [0.25, 0.3) is 0 Å². The number of imide groups is 1. The molecule has 0 radical (unpaired) electrons. The molecule has 1 N–H and O–H groups in total. The topological polar surface area (TPSA) is 131 Å². The third kappa shape index (κ3) is 8.10. The van der Waals surface area contributed by atoms with Crippen molar-refractivity contribution < 1.29 is 33.7 Å². The van der Waals surface area contributed by atoms with Crippen LogP contribution in [0.15, 0.2) is 12.4 Å². The Labute approximate surface area is 175 Å². The molecule has 0 saturated heterocycles. The zero-order valence-corrected chi connectivity index (χ0v) is 18.8. The quantitative estimate of drug-likeness (QED) is 0.522. The molecule has 3 amide bonds. The van der Waals surface area contributed by atoms with Gasteiger partial charge >= 0.3 is 18.3 Å². The van der Waals surface area contributed by atoms with E-state index in [1.807, 2.05) is 0 Å². The lowest BCUT2D eigenvalue weighted by Crippen LogP contribution is -2.57. The number of nitrogens with zero attached hydrogens (tertiary/aromatic N) is 4. The van der Waals surface area contributed by atoms with Crippen molar-refractivity contribution in [3.05, 3.63) is 12.4 Å². The number of ether oxygens (including phenoxy) is 3. The highest BCUT2D eigenvalue weighted by molar-refractivity contribution is 5.98. The summed E-state index contributed by atoms with van der Waals surface area (Å²) in [7, 11) is 0. The van der Waals surface area contributed by atoms with Gasteiger partial charge in [0.25, 0.3) is 5.95 Å². The average molecular weight is 426 g/mol. The first kappa shape index (κ1) is 24.9. The fourth-order valence-corrected chi connectivity index (χ4v) is 1.83. The van der Waals surface area contributed by atoms with Crippen molar-refractivity contribution >= 4 is 24.2 Å². The minimum Gasteiger partial charge on any atom is -0.505 e. The van der Waals surface area contributed by atoms with Gasteiger partial charge in [-0.05, 0) is 62.3 Å². The second kappa shape index (κ2) is 8.72. The van der Waals surface area contributed by atoms with E-state index in [9.17, 15) is 19.5 Å². The Morgan fingerprint density at radius 1 is 0.733 bits per heavy atom. The van der Waals surface area contributed by atoms with Gasteiger partial charge in [-0.1, -0.05) is 0 Å². The largest absolute Gasteiger partial charge is 0.505 e. The van der Waals surface area contributed by atoms with Gasteiger partial charge in [-0.25, -0.2) is 24.4 Å². The van der Waals surface area contributed by atoms with E-state index in [-0.39, 0.29) is 5.75 Å². The van der Waals surface area contributed by atoms with E-state index in [4.69, 9.17) is 14.2 Å². The molecule has 0 saturated carbocycles. The maximum atomic E-state index is 12.9. The van der Waals surface area contributed by atoms with Crippen LogP contribution in [0.1, 0.15) is 62.3 Å². The molecule has 0 aliphatic heterocycles. The Kier molecular flexibility index (Phi) is 7.24. The van der Waals surface area contributed by atoms with Gasteiger partial charge in [-0.3, -0.25) is 0 Å². The van der Waals surface area contributed by atoms with Crippen molar-refractivity contribution in [3.63, 3.8) is 0 Å². The number of carbonyl (C=O) groups is 3. The molecule has 0 spiro atoms. The maximum absolute atomic E-state index is 12.9. The van der Waals surface area contributed by atoms with Crippen molar-refractivity contribution in [2.24, 2.45) is 0 Å². The number of anilines is 1. The van der Waals surface area contributed by atoms with E-state index < -0.39 is 41.0 Å². The standard InChI is InChI=1S/C19H30N4O7/c1-17(2,3)28-14(25)22(13-20-10-12(24)11-21-13)23(15(26)29-18(4,5)6)16(27)30-19(7,8)9/h10-11,24H,1-9H3. The average Bonchev–Trinajstić information content (AvgIpc) is 2.47. The Bertz CT molecular complexity index is 746. The molecule has 0 aliphatic carbocycles. The molecule has 0 atom stereocenters. The number of aromatic nitrogens is 2. The second-order valence-corrected chi connectivity index (χ2v) is 9.31. The molecule has 1 aromatic heterocycles. The van der Waals surface area contributed by atoms with Crippen LogP contribution in [0.5, 0.6) is 5.75 Å². The van der Waals surface area contributed by atoms with Crippen LogP contribution in [-0.4, -0.2) is 55.2 Å². The predicted octanol–water partition coefficient (Wildman–Crippen LogP) is 4.01. The van der Waals surface area contributed by atoms with Crippen LogP contribution in [0.4, 0.5) is 20.3 Å². The molecule has 0 bridgehead atoms. The number of rotatable bonds is 1. The third-order valence-corrected chi connectivity index (χ3v) is 2.71. The second-order valence-electron chi connectivity index (χ2n) is 9.31. The normalized spacial score (nSPS) is 12.0. The van der Waals surface area contributed by atoms with Crippen molar-refractivity contribution in [2.75, 3.05) is 5.01 Å². The smallest absolute Gasteiger partial charge is 0.440 e. The van der Waals surface area contributed by atoms with E-state index >= 15 is 0 Å². The van der Waals surface area contributed by atoms with Crippen molar-refractivity contribution in [2.45, 2.75) is 79.1 Å². The number of aromatic hydroxyl groups is 1. The first-order valence-electron chi connectivity index (χ1n) is 9.20. The van der Waals surface area contributed by atoms with Crippen molar-refractivity contribution in [1.82, 2.24) is 15.0 Å². The minimum atomic E-state index is -1.21. The number of amides is 3. The van der Waals surface area contributed by atoms with Crippen molar-refractivity contribution in [3.8, 4) is 5.75 Å². The number of hydrazine groups is 1. The SMILES string of the molecule is CC(C)(C)OC(=O)N(C(=O)OC(C)(C)C)N(C(=O)OC(C)(C)C)c1ncc(O)cn1. The van der Waals surface area contributed by atoms with Crippen molar-refractivity contribution in [1.29, 1.82) is 0 Å². The van der Waals surface area contributed by atoms with E-state index in [1.165, 1.54) is 0 Å². The Morgan fingerprint density at radius 3 is 1.40 bits per heavy atom. The molecular weight excluding hydrogens is 396 g/mol. The molecule has 1 aromatic rings. The highest BCUT2D eigenvalue weighted by Gasteiger charge is 2.42. The molecule has 11 heteroatoms. The summed E-state index contributed by atoms with van der Waals surface area (Å²) < 4.78 is 15.9. The van der Waals surface area contributed by atoms with E-state index in [2.05, 4.69) is 9.97 Å². The summed E-state index contributed by atoms with van der Waals surface area (Å²) >= 11 is 0. The molecule has 0 unspecified atom stereocenters. The zero-order chi connectivity index (χ0) is 23.5. The molecule has 168 valence electrons. The van der Waals surface area contributed by atoms with Gasteiger partial charge in [0.15, 0.2) is 5.75 Å². The fraction of sp³-hybridized carbons (Fsp3) is 0.632. The van der Waals surface area contributed by atoms with E-state index in [0.29, 0.717) is 10.0 Å². The Balaban J connectivity index is 3.55. The van der Waals surface area contributed by atoms with Crippen LogP contribution in [-0.2, 0) is 14.2 Å². The summed E-state index contributed by atoms with van der Waals surface area (Å²) in [6.07, 6.45) is -1.58. The molecule has 30 heavy (non-hydrogen) atoms. The van der Waals surface area contributed by atoms with Gasteiger partial charge < -0.3 is 19.3 Å². The molecule has 0 fully saturated rings. The van der Waals surface area contributed by atoms with Gasteiger partial charge in [-0.2, -0.15) is 0 Å². The van der Waals surface area contributed by atoms with Crippen LogP contribution >= 0.6 is 0 Å². The maximum Gasteiger partial charge on any atom is 0.440 e. The minimum absolute atomic E-state index is 0.288. The lowest BCUT2D eigenvalue weighted by atomic mass is 10.2. The summed E-state index contributed by atoms with van der Waals surface area (Å²) in [5.41, 5.74) is -2.96. The van der Waals surface area contributed by atoms with E-state index in [1.54, 1.807) is 62.3 Å². The van der Waals surface area contributed by atoms with Gasteiger partial charge in [-0.15, -0.1) is 10.0 Å². The summed E-state index contributed by atoms with van der Waals surface area (Å²) in [6, 6.07) is 0. The van der Waals surface area contributed by atoms with Gasteiger partial charge in [0.1, 0.15) is 16.8 Å². The van der Waals surface area contributed by atoms with Gasteiger partial charge in [0.05, 0.1) is 12.4 Å². The molecular formula is C19H30N4O7. The van der Waals surface area contributed by atoms with Crippen LogP contribution in [0.3, 0.4) is 0 Å². The van der Waals surface area contributed by atoms with Crippen LogP contribution < -0.4 is 5.01 Å². The molecule has 11 nitrogen and oxygen atoms in total. The number of hydrogen-bond donors (Lipinski definition) is 1. The Hall–Kier alpha value is -3.11. The number of hydrogen-bond acceptors (Lipinski definition) is 9. The highest BCUT2D eigenvalue weighted by atomic mass is 16.6. The Morgan fingerprint density at radius 2 is 1.07 bits per heavy atom. The first-order valence-corrected chi connectivity index (χ1v) is 9.20. The molecule has 0 aromatic carbocycles. The number of carbonyl (C=O) groups excluding carboxylic acids is 3. The lowest BCUT2D eigenvalue weighted by Gasteiger charge is -2.34. The summed E-state index contributed by atoms with van der Waals surface area (Å²) in [4.78, 5) is 46.3. The summed E-state index contributed by atoms with van der Waals surface area (Å²) in [5, 5.41) is 10.3. The predicted molar refractivity (Wildman–Crippen MR) is 107 cm³/mol. The zero-order valence-electron chi connectivity index (χ0n) is 18.8. The van der Waals surface area contributed by atoms with Crippen LogP contribution in [0, 0.1) is 0 Å². The monoisotopic (exact) mass is 426 g/mol. The van der Waals surface area contributed by atoms with Crippen LogP contribution in [0.2, 0.25) is 0 Å². The summed E-state index contributed by atoms with van der Waals surface area (Å²) in [6.45, 7) is 14.4. The molecule has 1 rings (SSSR count). The van der Waals surface area contributed by atoms with Gasteiger partial charge in [0.2, 0.25) is 0 Å². The fourth-order valence-electron chi connectivity index (χ4n) is 1.83. The molecule has 1 heterocycles. The molecule has 0 aliphatic rings. The lowest BCUT2D eigenvalue weighted by molar-refractivity contribution is -0.00711. The first-order chi connectivity index (χ1) is 13.4. The summed E-state index contributed by atoms with van der Waals surface area (Å²) in [5.74, 6) is -0.706. The third-order valence-electron chi connectivity index (χ3n) is 2.71.